The van der Waals surface area contributed by atoms with Crippen LogP contribution in [-0.4, -0.2) is 46.0 Å². The molecule has 0 saturated heterocycles. The highest BCUT2D eigenvalue weighted by molar-refractivity contribution is 5.99. The van der Waals surface area contributed by atoms with Crippen LogP contribution in [0, 0.1) is 11.8 Å². The summed E-state index contributed by atoms with van der Waals surface area (Å²) in [4.78, 5) is 25.6. The largest absolute Gasteiger partial charge is 0.350 e. The molecule has 2 amide bonds. The Labute approximate surface area is 157 Å². The first-order valence-electron chi connectivity index (χ1n) is 9.33. The number of nitrogens with one attached hydrogen (secondary N) is 2. The molecule has 146 valence electrons. The first kappa shape index (κ1) is 19.2. The van der Waals surface area contributed by atoms with E-state index in [2.05, 4.69) is 15.9 Å². The quantitative estimate of drug-likeness (QED) is 0.320. The lowest BCUT2D eigenvalue weighted by Gasteiger charge is -2.25. The van der Waals surface area contributed by atoms with Crippen LogP contribution in [0.15, 0.2) is 29.5 Å². The van der Waals surface area contributed by atoms with Crippen molar-refractivity contribution in [2.45, 2.75) is 44.6 Å². The average Bonchev–Trinajstić information content (AvgIpc) is 3.34. The number of rotatable bonds is 7. The van der Waals surface area contributed by atoms with Gasteiger partial charge in [-0.2, -0.15) is 5.10 Å². The Morgan fingerprint density at radius 2 is 2.11 bits per heavy atom. The fraction of sp³-hybridized carbons (Fsp3) is 0.556. The molecule has 27 heavy (non-hydrogen) atoms. The van der Waals surface area contributed by atoms with Gasteiger partial charge in [-0.3, -0.25) is 4.79 Å². The first-order chi connectivity index (χ1) is 13.1. The third kappa shape index (κ3) is 4.61. The number of nitrogens with zero attached hydrogens (tertiary/aromatic N) is 3. The lowest BCUT2D eigenvalue weighted by molar-refractivity contribution is -0.893. The molecule has 1 aromatic heterocycles. The summed E-state index contributed by atoms with van der Waals surface area (Å²) < 4.78 is 0.804. The van der Waals surface area contributed by atoms with Crippen LogP contribution >= 0.6 is 0 Å². The van der Waals surface area contributed by atoms with Gasteiger partial charge in [-0.25, -0.2) is 20.6 Å². The van der Waals surface area contributed by atoms with Crippen molar-refractivity contribution in [3.63, 3.8) is 0 Å². The number of anilines is 1. The van der Waals surface area contributed by atoms with Crippen LogP contribution in [0.2, 0.25) is 0 Å². The number of pyridine rings is 1. The Hall–Kier alpha value is -2.52. The summed E-state index contributed by atoms with van der Waals surface area (Å²) >= 11 is 0. The van der Waals surface area contributed by atoms with Gasteiger partial charge in [0.2, 0.25) is 5.91 Å². The molecule has 1 aliphatic carbocycles. The Morgan fingerprint density at radius 1 is 1.33 bits per heavy atom. The van der Waals surface area contributed by atoms with E-state index in [1.807, 2.05) is 0 Å². The normalized spacial score (nSPS) is 20.8. The molecule has 9 nitrogen and oxygen atoms in total. The zero-order chi connectivity index (χ0) is 19.2. The summed E-state index contributed by atoms with van der Waals surface area (Å²) in [6.45, 7) is 0.130. The number of hydrogen-bond acceptors (Lipinski definition) is 6. The number of hydroxylamine groups is 1. The average molecular weight is 376 g/mol. The molecule has 2 heterocycles. The van der Waals surface area contributed by atoms with E-state index in [9.17, 15) is 14.8 Å². The summed E-state index contributed by atoms with van der Waals surface area (Å²) in [6, 6.07) is 4.08. The first-order valence-corrected chi connectivity index (χ1v) is 9.33. The molecule has 0 radical (unpaired) electrons. The highest BCUT2D eigenvalue weighted by Gasteiger charge is 2.39. The second-order valence-electron chi connectivity index (χ2n) is 7.10. The molecule has 1 aliphatic heterocycles. The number of aromatic nitrogens is 1. The molecule has 1 fully saturated rings. The van der Waals surface area contributed by atoms with Gasteiger partial charge in [0, 0.05) is 25.2 Å². The van der Waals surface area contributed by atoms with Gasteiger partial charge in [0.05, 0.1) is 5.92 Å². The summed E-state index contributed by atoms with van der Waals surface area (Å²) in [7, 11) is 0. The number of carbonyl (C=O) groups excluding carboxylic acids is 2. The van der Waals surface area contributed by atoms with E-state index >= 15 is 0 Å². The highest BCUT2D eigenvalue weighted by atomic mass is 16.5. The zero-order valence-corrected chi connectivity index (χ0v) is 15.1. The lowest BCUT2D eigenvalue weighted by atomic mass is 9.92. The minimum atomic E-state index is -0.775. The molecular formula is C18H26N5O4+. The SMILES string of the molecule is O=C(Nc1cccc[n+]1O)C1CC=NN1C(=O)C(CNO)CC1CCCC1. The Kier molecular flexibility index (Phi) is 6.36. The van der Waals surface area contributed by atoms with Gasteiger partial charge in [-0.05, 0) is 18.4 Å². The predicted molar refractivity (Wildman–Crippen MR) is 96.0 cm³/mol. The van der Waals surface area contributed by atoms with Crippen LogP contribution < -0.4 is 15.5 Å². The van der Waals surface area contributed by atoms with E-state index in [-0.39, 0.29) is 18.3 Å². The van der Waals surface area contributed by atoms with Gasteiger partial charge >= 0.3 is 11.7 Å². The molecule has 4 N–H and O–H groups in total. The van der Waals surface area contributed by atoms with Crippen LogP contribution in [0.25, 0.3) is 0 Å². The molecule has 0 bridgehead atoms. The molecule has 1 aromatic rings. The van der Waals surface area contributed by atoms with Crippen molar-refractivity contribution in [3.8, 4) is 0 Å². The Bertz CT molecular complexity index is 705. The molecule has 2 aliphatic rings. The molecule has 3 rings (SSSR count). The van der Waals surface area contributed by atoms with E-state index < -0.39 is 17.9 Å². The van der Waals surface area contributed by atoms with Gasteiger partial charge in [-0.15, -0.1) is 0 Å². The number of hydrazone groups is 1. The zero-order valence-electron chi connectivity index (χ0n) is 15.1. The third-order valence-corrected chi connectivity index (χ3v) is 5.23. The maximum absolute atomic E-state index is 13.0. The summed E-state index contributed by atoms with van der Waals surface area (Å²) in [5, 5.41) is 26.8. The number of hydrogen-bond donors (Lipinski definition) is 4. The molecule has 2 atom stereocenters. The van der Waals surface area contributed by atoms with Crippen molar-refractivity contribution in [2.24, 2.45) is 16.9 Å². The van der Waals surface area contributed by atoms with Crippen LogP contribution in [0.3, 0.4) is 0 Å². The highest BCUT2D eigenvalue weighted by Crippen LogP contribution is 2.31. The van der Waals surface area contributed by atoms with Crippen molar-refractivity contribution in [2.75, 3.05) is 11.9 Å². The second-order valence-corrected chi connectivity index (χ2v) is 7.10. The van der Waals surface area contributed by atoms with E-state index in [0.29, 0.717) is 18.8 Å². The maximum Gasteiger partial charge on any atom is 0.332 e. The molecule has 1 saturated carbocycles. The fourth-order valence-corrected chi connectivity index (χ4v) is 3.80. The lowest BCUT2D eigenvalue weighted by Crippen LogP contribution is -2.47. The van der Waals surface area contributed by atoms with E-state index in [0.717, 1.165) is 17.6 Å². The van der Waals surface area contributed by atoms with E-state index in [4.69, 9.17) is 5.21 Å². The van der Waals surface area contributed by atoms with Crippen molar-refractivity contribution >= 4 is 23.8 Å². The third-order valence-electron chi connectivity index (χ3n) is 5.23. The van der Waals surface area contributed by atoms with Crippen molar-refractivity contribution in [1.29, 1.82) is 0 Å². The monoisotopic (exact) mass is 376 g/mol. The van der Waals surface area contributed by atoms with Crippen LogP contribution in [0.5, 0.6) is 0 Å². The summed E-state index contributed by atoms with van der Waals surface area (Å²) in [5.74, 6) is -0.470. The fourth-order valence-electron chi connectivity index (χ4n) is 3.80. The van der Waals surface area contributed by atoms with Crippen molar-refractivity contribution < 1.29 is 24.7 Å². The molecular weight excluding hydrogens is 350 g/mol. The topological polar surface area (TPSA) is 118 Å². The predicted octanol–water partition coefficient (Wildman–Crippen LogP) is 0.912. The van der Waals surface area contributed by atoms with Gasteiger partial charge in [-0.1, -0.05) is 36.5 Å². The van der Waals surface area contributed by atoms with Crippen molar-refractivity contribution in [3.05, 3.63) is 24.4 Å². The van der Waals surface area contributed by atoms with Crippen LogP contribution in [-0.2, 0) is 9.59 Å². The molecule has 0 spiro atoms. The molecule has 2 unspecified atom stereocenters. The van der Waals surface area contributed by atoms with E-state index in [1.165, 1.54) is 24.0 Å². The summed E-state index contributed by atoms with van der Waals surface area (Å²) in [5.41, 5.74) is 2.10. The van der Waals surface area contributed by atoms with Crippen LogP contribution in [0.1, 0.15) is 38.5 Å². The van der Waals surface area contributed by atoms with Crippen LogP contribution in [0.4, 0.5) is 5.82 Å². The van der Waals surface area contributed by atoms with Gasteiger partial charge in [0.25, 0.3) is 0 Å². The summed E-state index contributed by atoms with van der Waals surface area (Å²) in [6.07, 6.45) is 8.43. The molecule has 0 aromatic carbocycles. The van der Waals surface area contributed by atoms with Gasteiger partial charge in [0.15, 0.2) is 6.04 Å². The number of carbonyl (C=O) groups is 2. The van der Waals surface area contributed by atoms with E-state index in [1.54, 1.807) is 24.4 Å². The van der Waals surface area contributed by atoms with Gasteiger partial charge in [0.1, 0.15) is 6.20 Å². The number of amides is 2. The Morgan fingerprint density at radius 3 is 2.81 bits per heavy atom. The maximum atomic E-state index is 13.0. The smallest absolute Gasteiger partial charge is 0.332 e. The van der Waals surface area contributed by atoms with Crippen molar-refractivity contribution in [1.82, 2.24) is 10.5 Å². The minimum absolute atomic E-state index is 0.130. The Balaban J connectivity index is 1.67. The standard InChI is InChI=1S/C18H25N5O4/c24-17(21-16-7-3-4-10-22(16)27)15-8-9-19-23(15)18(25)14(12-20-26)11-13-5-1-2-6-13/h3-4,7,9-10,13-15,20,26-27H,1-2,5-6,8,11-12H2/p+1. The van der Waals surface area contributed by atoms with Gasteiger partial charge < -0.3 is 10.4 Å². The molecule has 9 heteroatoms. The minimum Gasteiger partial charge on any atom is -0.350 e. The second kappa shape index (κ2) is 8.92.